The van der Waals surface area contributed by atoms with E-state index in [0.29, 0.717) is 0 Å². The number of imidazole rings is 1. The van der Waals surface area contributed by atoms with E-state index in [0.717, 1.165) is 29.4 Å². The van der Waals surface area contributed by atoms with E-state index in [1.54, 1.807) is 11.8 Å². The minimum absolute atomic E-state index is 0.877. The van der Waals surface area contributed by atoms with Gasteiger partial charge in [0.25, 0.3) is 0 Å². The Morgan fingerprint density at radius 3 is 2.48 bits per heavy atom. The second kappa shape index (κ2) is 7.53. The predicted molar refractivity (Wildman–Crippen MR) is 104 cm³/mol. The number of hydrogen-bond donors (Lipinski definition) is 0. The zero-order valence-corrected chi connectivity index (χ0v) is 14.7. The van der Waals surface area contributed by atoms with Crippen LogP contribution in [-0.2, 0) is 18.7 Å². The van der Waals surface area contributed by atoms with Crippen molar-refractivity contribution >= 4 is 22.8 Å². The number of benzene rings is 2. The molecule has 0 bridgehead atoms. The van der Waals surface area contributed by atoms with Crippen molar-refractivity contribution in [3.63, 3.8) is 0 Å². The fourth-order valence-corrected chi connectivity index (χ4v) is 3.87. The Hall–Kier alpha value is -2.59. The van der Waals surface area contributed by atoms with Crippen LogP contribution in [0, 0.1) is 0 Å². The van der Waals surface area contributed by atoms with Gasteiger partial charge in [-0.05, 0) is 35.7 Å². The highest BCUT2D eigenvalue weighted by atomic mass is 32.2. The van der Waals surface area contributed by atoms with Crippen molar-refractivity contribution in [3.8, 4) is 0 Å². The Labute approximate surface area is 151 Å². The van der Waals surface area contributed by atoms with E-state index in [1.165, 1.54) is 16.6 Å². The lowest BCUT2D eigenvalue weighted by Crippen LogP contribution is -2.03. The number of thioether (sulfide) groups is 1. The molecule has 0 spiro atoms. The van der Waals surface area contributed by atoms with E-state index in [1.807, 2.05) is 24.5 Å². The largest absolute Gasteiger partial charge is 0.319 e. The molecule has 4 rings (SSSR count). The van der Waals surface area contributed by atoms with Crippen molar-refractivity contribution in [2.24, 2.45) is 0 Å². The van der Waals surface area contributed by atoms with Crippen LogP contribution in [0.25, 0.3) is 11.0 Å². The van der Waals surface area contributed by atoms with Crippen molar-refractivity contribution in [1.82, 2.24) is 14.5 Å². The molecule has 0 atom stereocenters. The highest BCUT2D eigenvalue weighted by Crippen LogP contribution is 2.27. The van der Waals surface area contributed by atoms with E-state index in [2.05, 4.69) is 64.1 Å². The first-order valence-electron chi connectivity index (χ1n) is 8.41. The van der Waals surface area contributed by atoms with Gasteiger partial charge in [0.1, 0.15) is 0 Å². The number of fused-ring (bicyclic) bond motifs is 1. The Morgan fingerprint density at radius 1 is 0.840 bits per heavy atom. The van der Waals surface area contributed by atoms with Gasteiger partial charge in [0.05, 0.1) is 11.0 Å². The molecule has 0 aliphatic heterocycles. The van der Waals surface area contributed by atoms with Crippen molar-refractivity contribution in [1.29, 1.82) is 0 Å². The van der Waals surface area contributed by atoms with Crippen LogP contribution < -0.4 is 0 Å². The van der Waals surface area contributed by atoms with E-state index in [9.17, 15) is 0 Å². The number of aryl methyl sites for hydroxylation is 2. The molecular formula is C21H19N3S. The lowest BCUT2D eigenvalue weighted by molar-refractivity contribution is 0.652. The molecule has 0 amide bonds. The van der Waals surface area contributed by atoms with Gasteiger partial charge in [-0.3, -0.25) is 4.98 Å². The van der Waals surface area contributed by atoms with Gasteiger partial charge < -0.3 is 4.57 Å². The Morgan fingerprint density at radius 2 is 1.64 bits per heavy atom. The number of nitrogens with zero attached hydrogens (tertiary/aromatic N) is 3. The molecule has 0 saturated heterocycles. The van der Waals surface area contributed by atoms with Crippen LogP contribution >= 0.6 is 11.8 Å². The fraction of sp³-hybridized carbons (Fsp3) is 0.143. The quantitative estimate of drug-likeness (QED) is 0.462. The smallest absolute Gasteiger partial charge is 0.169 e. The standard InChI is InChI=1S/C21H19N3S/c1-2-7-17(8-3-1)12-14-24-20-11-5-4-10-19(20)23-21(24)25-16-18-9-6-13-22-15-18/h1-11,13,15H,12,14,16H2. The van der Waals surface area contributed by atoms with Gasteiger partial charge in [-0.2, -0.15) is 0 Å². The highest BCUT2D eigenvalue weighted by molar-refractivity contribution is 7.98. The minimum Gasteiger partial charge on any atom is -0.319 e. The summed E-state index contributed by atoms with van der Waals surface area (Å²) < 4.78 is 2.34. The molecule has 0 fully saturated rings. The zero-order chi connectivity index (χ0) is 16.9. The Bertz CT molecular complexity index is 949. The van der Waals surface area contributed by atoms with E-state index in [4.69, 9.17) is 4.98 Å². The van der Waals surface area contributed by atoms with Crippen LogP contribution in [0.2, 0.25) is 0 Å². The molecule has 0 radical (unpaired) electrons. The summed E-state index contributed by atoms with van der Waals surface area (Å²) in [5.74, 6) is 0.877. The summed E-state index contributed by atoms with van der Waals surface area (Å²) in [7, 11) is 0. The molecule has 2 aromatic carbocycles. The topological polar surface area (TPSA) is 30.7 Å². The van der Waals surface area contributed by atoms with Crippen LogP contribution in [0.1, 0.15) is 11.1 Å². The van der Waals surface area contributed by atoms with E-state index >= 15 is 0 Å². The third-order valence-electron chi connectivity index (χ3n) is 4.18. The minimum atomic E-state index is 0.877. The molecule has 0 N–H and O–H groups in total. The molecule has 2 aromatic heterocycles. The molecule has 0 saturated carbocycles. The summed E-state index contributed by atoms with van der Waals surface area (Å²) in [5, 5.41) is 1.07. The van der Waals surface area contributed by atoms with Gasteiger partial charge in [0.15, 0.2) is 5.16 Å². The SMILES string of the molecule is c1ccc(CCn2c(SCc3cccnc3)nc3ccccc32)cc1. The van der Waals surface area contributed by atoms with Crippen molar-refractivity contribution < 1.29 is 0 Å². The van der Waals surface area contributed by atoms with Crippen LogP contribution in [0.5, 0.6) is 0 Å². The first-order valence-corrected chi connectivity index (χ1v) is 9.39. The van der Waals surface area contributed by atoms with Gasteiger partial charge in [-0.15, -0.1) is 0 Å². The van der Waals surface area contributed by atoms with Crippen LogP contribution in [0.3, 0.4) is 0 Å². The third kappa shape index (κ3) is 3.74. The maximum atomic E-state index is 4.85. The summed E-state index contributed by atoms with van der Waals surface area (Å²) >= 11 is 1.77. The van der Waals surface area contributed by atoms with Crippen LogP contribution in [0.4, 0.5) is 0 Å². The van der Waals surface area contributed by atoms with Gasteiger partial charge in [-0.25, -0.2) is 4.98 Å². The van der Waals surface area contributed by atoms with Crippen molar-refractivity contribution in [2.75, 3.05) is 0 Å². The number of aromatic nitrogens is 3. The molecule has 124 valence electrons. The molecule has 2 heterocycles. The van der Waals surface area contributed by atoms with Crippen LogP contribution in [-0.4, -0.2) is 14.5 Å². The second-order valence-electron chi connectivity index (χ2n) is 5.92. The maximum Gasteiger partial charge on any atom is 0.169 e. The van der Waals surface area contributed by atoms with Gasteiger partial charge >= 0.3 is 0 Å². The second-order valence-corrected chi connectivity index (χ2v) is 6.86. The normalized spacial score (nSPS) is 11.0. The summed E-state index contributed by atoms with van der Waals surface area (Å²) in [6, 6.07) is 23.1. The Kier molecular flexibility index (Phi) is 4.79. The molecule has 25 heavy (non-hydrogen) atoms. The lowest BCUT2D eigenvalue weighted by Gasteiger charge is -2.09. The number of hydrogen-bond acceptors (Lipinski definition) is 3. The van der Waals surface area contributed by atoms with E-state index in [-0.39, 0.29) is 0 Å². The molecule has 0 unspecified atom stereocenters. The average molecular weight is 345 g/mol. The first kappa shape index (κ1) is 15.9. The van der Waals surface area contributed by atoms with Gasteiger partial charge in [0.2, 0.25) is 0 Å². The Balaban J connectivity index is 1.59. The van der Waals surface area contributed by atoms with Gasteiger partial charge in [0, 0.05) is 24.7 Å². The summed E-state index contributed by atoms with van der Waals surface area (Å²) in [4.78, 5) is 9.04. The predicted octanol–water partition coefficient (Wildman–Crippen LogP) is 4.97. The van der Waals surface area contributed by atoms with Crippen molar-refractivity contribution in [2.45, 2.75) is 23.9 Å². The molecule has 3 nitrogen and oxygen atoms in total. The summed E-state index contributed by atoms with van der Waals surface area (Å²) in [6.45, 7) is 0.930. The third-order valence-corrected chi connectivity index (χ3v) is 5.22. The monoisotopic (exact) mass is 345 g/mol. The summed E-state index contributed by atoms with van der Waals surface area (Å²) in [6.07, 6.45) is 4.73. The highest BCUT2D eigenvalue weighted by Gasteiger charge is 2.11. The molecule has 4 aromatic rings. The number of pyridine rings is 1. The van der Waals surface area contributed by atoms with Crippen molar-refractivity contribution in [3.05, 3.63) is 90.3 Å². The average Bonchev–Trinajstić information content (AvgIpc) is 3.04. The molecule has 0 aliphatic carbocycles. The molecular weight excluding hydrogens is 326 g/mol. The van der Waals surface area contributed by atoms with Gasteiger partial charge in [-0.1, -0.05) is 60.3 Å². The molecule has 4 heteroatoms. The van der Waals surface area contributed by atoms with E-state index < -0.39 is 0 Å². The zero-order valence-electron chi connectivity index (χ0n) is 13.9. The number of para-hydroxylation sites is 2. The maximum absolute atomic E-state index is 4.85. The fourth-order valence-electron chi connectivity index (χ4n) is 2.90. The van der Waals surface area contributed by atoms with Crippen LogP contribution in [0.15, 0.2) is 84.3 Å². The lowest BCUT2D eigenvalue weighted by atomic mass is 10.1. The first-order chi connectivity index (χ1) is 12.4. The molecule has 0 aliphatic rings. The number of rotatable bonds is 6. The summed E-state index contributed by atoms with van der Waals surface area (Å²) in [5.41, 5.74) is 4.83.